The molecule has 3 aromatic carbocycles. The van der Waals surface area contributed by atoms with E-state index < -0.39 is 6.10 Å². The monoisotopic (exact) mass is 476 g/mol. The number of benzene rings is 3. The fourth-order valence-electron chi connectivity index (χ4n) is 4.35. The van der Waals surface area contributed by atoms with Gasteiger partial charge in [0, 0.05) is 26.2 Å². The van der Waals surface area contributed by atoms with Crippen LogP contribution in [0.5, 0.6) is 11.5 Å². The Labute approximate surface area is 210 Å². The molecule has 188 valence electrons. The summed E-state index contributed by atoms with van der Waals surface area (Å²) in [5, 5.41) is 13.6. The third-order valence-electron chi connectivity index (χ3n) is 6.19. The highest BCUT2D eigenvalue weighted by atomic mass is 16.5. The summed E-state index contributed by atoms with van der Waals surface area (Å²) in [6.07, 6.45) is 1.74. The number of nitrogens with zero attached hydrogens (tertiary/aromatic N) is 1. The highest BCUT2D eigenvalue weighted by molar-refractivity contribution is 5.31. The number of nitrogens with one attached hydrogen (secondary N) is 1. The van der Waals surface area contributed by atoms with E-state index in [-0.39, 0.29) is 0 Å². The van der Waals surface area contributed by atoms with E-state index in [0.29, 0.717) is 13.2 Å². The van der Waals surface area contributed by atoms with Crippen molar-refractivity contribution in [3.63, 3.8) is 0 Å². The van der Waals surface area contributed by atoms with Gasteiger partial charge >= 0.3 is 0 Å². The average molecular weight is 477 g/mol. The number of fused-ring (bicyclic) bond motifs is 2. The maximum Gasteiger partial charge on any atom is 0.119 e. The summed E-state index contributed by atoms with van der Waals surface area (Å²) in [5.41, 5.74) is 5.77. The minimum absolute atomic E-state index is 0.296. The first-order chi connectivity index (χ1) is 17.2. The molecule has 0 radical (unpaired) electrons. The Bertz CT molecular complexity index is 981. The lowest BCUT2D eigenvalue weighted by Crippen LogP contribution is -2.38. The van der Waals surface area contributed by atoms with Crippen molar-refractivity contribution < 1.29 is 14.6 Å². The van der Waals surface area contributed by atoms with Gasteiger partial charge in [0.15, 0.2) is 0 Å². The topological polar surface area (TPSA) is 54.0 Å². The van der Waals surface area contributed by atoms with Crippen LogP contribution < -0.4 is 14.8 Å². The van der Waals surface area contributed by atoms with Crippen molar-refractivity contribution in [1.29, 1.82) is 0 Å². The van der Waals surface area contributed by atoms with Crippen molar-refractivity contribution in [3.05, 3.63) is 95.1 Å². The summed E-state index contributed by atoms with van der Waals surface area (Å²) in [6.45, 7) is 8.99. The fourth-order valence-corrected chi connectivity index (χ4v) is 4.35. The molecule has 2 aliphatic heterocycles. The number of aliphatic hydroxyl groups is 1. The molecule has 1 atom stereocenters. The summed E-state index contributed by atoms with van der Waals surface area (Å²) in [6, 6.07) is 24.6. The quantitative estimate of drug-likeness (QED) is 0.533. The fraction of sp³-hybridized carbons (Fsp3) is 0.400. The van der Waals surface area contributed by atoms with Crippen LogP contribution in [0.4, 0.5) is 0 Å². The zero-order valence-electron chi connectivity index (χ0n) is 21.4. The third-order valence-corrected chi connectivity index (χ3v) is 6.19. The Morgan fingerprint density at radius 3 is 2.09 bits per heavy atom. The summed E-state index contributed by atoms with van der Waals surface area (Å²) in [5.74, 6) is 1.54. The van der Waals surface area contributed by atoms with Gasteiger partial charge in [0.05, 0.1) is 7.11 Å². The molecular formula is C30H40N2O3. The van der Waals surface area contributed by atoms with Crippen molar-refractivity contribution in [2.24, 2.45) is 0 Å². The van der Waals surface area contributed by atoms with Crippen molar-refractivity contribution in [3.8, 4) is 11.5 Å². The Hall–Kier alpha value is -2.86. The molecule has 0 fully saturated rings. The van der Waals surface area contributed by atoms with E-state index >= 15 is 0 Å². The third kappa shape index (κ3) is 8.39. The molecule has 2 aliphatic rings. The van der Waals surface area contributed by atoms with Crippen LogP contribution in [0.3, 0.4) is 0 Å². The minimum Gasteiger partial charge on any atom is -0.497 e. The molecule has 0 spiro atoms. The highest BCUT2D eigenvalue weighted by Crippen LogP contribution is 2.20. The standard InChI is InChI=1S/C19H23NO3.C9H11N.C2H6/c1-22-18-6-8-19(9-7-18)23-14-17(21)13-20-11-10-15-4-2-3-5-16(15)12-20;1-2-4-9-7-10-6-5-8(9)3-1;1-2/h2-9,17,21H,10-14H2,1H3;1-4,10H,5-7H2;1-2H3. The van der Waals surface area contributed by atoms with Crippen LogP contribution in [0.2, 0.25) is 0 Å². The van der Waals surface area contributed by atoms with Crippen LogP contribution in [0.25, 0.3) is 0 Å². The number of ether oxygens (including phenoxy) is 2. The van der Waals surface area contributed by atoms with E-state index in [1.165, 1.54) is 28.7 Å². The van der Waals surface area contributed by atoms with E-state index in [4.69, 9.17) is 9.47 Å². The molecular weight excluding hydrogens is 436 g/mol. The van der Waals surface area contributed by atoms with Crippen LogP contribution in [-0.2, 0) is 25.9 Å². The maximum atomic E-state index is 10.2. The lowest BCUT2D eigenvalue weighted by Gasteiger charge is -2.30. The van der Waals surface area contributed by atoms with E-state index in [1.807, 2.05) is 38.1 Å². The second-order valence-corrected chi connectivity index (χ2v) is 8.59. The number of aliphatic hydroxyl groups excluding tert-OH is 1. The van der Waals surface area contributed by atoms with Crippen LogP contribution in [-0.4, -0.2) is 49.5 Å². The molecule has 0 saturated heterocycles. The van der Waals surface area contributed by atoms with Gasteiger partial charge in [-0.05, 0) is 65.9 Å². The molecule has 35 heavy (non-hydrogen) atoms. The van der Waals surface area contributed by atoms with Gasteiger partial charge in [-0.15, -0.1) is 0 Å². The molecule has 0 saturated carbocycles. The molecule has 3 aromatic rings. The van der Waals surface area contributed by atoms with Gasteiger partial charge < -0.3 is 19.9 Å². The highest BCUT2D eigenvalue weighted by Gasteiger charge is 2.18. The van der Waals surface area contributed by atoms with Crippen LogP contribution in [0.15, 0.2) is 72.8 Å². The lowest BCUT2D eigenvalue weighted by atomic mass is 10.00. The summed E-state index contributed by atoms with van der Waals surface area (Å²) < 4.78 is 10.8. The van der Waals surface area contributed by atoms with E-state index in [9.17, 15) is 5.11 Å². The van der Waals surface area contributed by atoms with Gasteiger partial charge in [-0.25, -0.2) is 0 Å². The number of methoxy groups -OCH3 is 1. The first-order valence-corrected chi connectivity index (χ1v) is 12.7. The largest absolute Gasteiger partial charge is 0.497 e. The number of β-amino-alcohol motifs (C(OH)–C–C–N with tert-alkyl or cyclic N) is 1. The van der Waals surface area contributed by atoms with Crippen molar-refractivity contribution in [2.75, 3.05) is 33.4 Å². The molecule has 0 bridgehead atoms. The second kappa shape index (κ2) is 14.5. The molecule has 5 rings (SSSR count). The normalized spacial score (nSPS) is 15.2. The summed E-state index contributed by atoms with van der Waals surface area (Å²) in [7, 11) is 1.64. The number of rotatable bonds is 6. The predicted octanol–water partition coefficient (Wildman–Crippen LogP) is 4.85. The first-order valence-electron chi connectivity index (χ1n) is 12.7. The van der Waals surface area contributed by atoms with Gasteiger partial charge in [0.2, 0.25) is 0 Å². The average Bonchev–Trinajstić information content (AvgIpc) is 2.93. The Morgan fingerprint density at radius 2 is 1.43 bits per heavy atom. The SMILES string of the molecule is CC.COc1ccc(OCC(O)CN2CCc3ccccc3C2)cc1.c1ccc2c(c1)CCNC2. The van der Waals surface area contributed by atoms with Crippen LogP contribution in [0.1, 0.15) is 36.1 Å². The molecule has 0 amide bonds. The molecule has 2 heterocycles. The van der Waals surface area contributed by atoms with E-state index in [2.05, 4.69) is 58.7 Å². The van der Waals surface area contributed by atoms with Crippen LogP contribution in [0, 0.1) is 0 Å². The predicted molar refractivity (Wildman–Crippen MR) is 143 cm³/mol. The van der Waals surface area contributed by atoms with Crippen molar-refractivity contribution >= 4 is 0 Å². The van der Waals surface area contributed by atoms with Crippen molar-refractivity contribution in [2.45, 2.75) is 45.9 Å². The summed E-state index contributed by atoms with van der Waals surface area (Å²) in [4.78, 5) is 2.28. The van der Waals surface area contributed by atoms with Gasteiger partial charge in [-0.3, -0.25) is 4.90 Å². The first kappa shape index (κ1) is 26.7. The molecule has 2 N–H and O–H groups in total. The van der Waals surface area contributed by atoms with Crippen molar-refractivity contribution in [1.82, 2.24) is 10.2 Å². The Balaban J connectivity index is 0.000000236. The van der Waals surface area contributed by atoms with Gasteiger partial charge in [-0.2, -0.15) is 0 Å². The van der Waals surface area contributed by atoms with Gasteiger partial charge in [0.25, 0.3) is 0 Å². The number of hydrogen-bond donors (Lipinski definition) is 2. The second-order valence-electron chi connectivity index (χ2n) is 8.59. The molecule has 1 unspecified atom stereocenters. The van der Waals surface area contributed by atoms with Crippen LogP contribution >= 0.6 is 0 Å². The zero-order chi connectivity index (χ0) is 24.9. The summed E-state index contributed by atoms with van der Waals surface area (Å²) >= 11 is 0. The Morgan fingerprint density at radius 1 is 0.829 bits per heavy atom. The van der Waals surface area contributed by atoms with Gasteiger partial charge in [-0.1, -0.05) is 62.4 Å². The van der Waals surface area contributed by atoms with Gasteiger partial charge in [0.1, 0.15) is 24.2 Å². The maximum absolute atomic E-state index is 10.2. The van der Waals surface area contributed by atoms with E-state index in [0.717, 1.165) is 44.1 Å². The lowest BCUT2D eigenvalue weighted by molar-refractivity contribution is 0.0637. The Kier molecular flexibility index (Phi) is 11.1. The molecule has 0 aromatic heterocycles. The number of hydrogen-bond acceptors (Lipinski definition) is 5. The molecule has 5 heteroatoms. The smallest absolute Gasteiger partial charge is 0.119 e. The molecule has 0 aliphatic carbocycles. The minimum atomic E-state index is -0.498. The van der Waals surface area contributed by atoms with E-state index in [1.54, 1.807) is 7.11 Å². The molecule has 5 nitrogen and oxygen atoms in total. The zero-order valence-corrected chi connectivity index (χ0v) is 21.4.